The highest BCUT2D eigenvalue weighted by Crippen LogP contribution is 2.34. The van der Waals surface area contributed by atoms with Crippen molar-refractivity contribution in [3.8, 4) is 11.5 Å². The number of likely N-dealkylation sites (N-methyl/N-ethyl adjacent to an activating group) is 1. The number of carbonyl (C=O) groups excluding carboxylic acids is 1. The van der Waals surface area contributed by atoms with Crippen LogP contribution in [0.4, 0.5) is 16.2 Å². The fourth-order valence-electron chi connectivity index (χ4n) is 2.93. The van der Waals surface area contributed by atoms with Crippen LogP contribution in [-0.4, -0.2) is 59.9 Å². The van der Waals surface area contributed by atoms with E-state index in [1.807, 2.05) is 28.2 Å². The highest BCUT2D eigenvalue weighted by Gasteiger charge is 2.17. The predicted molar refractivity (Wildman–Crippen MR) is 114 cm³/mol. The molecule has 7 nitrogen and oxygen atoms in total. The van der Waals surface area contributed by atoms with Gasteiger partial charge in [-0.1, -0.05) is 18.2 Å². The molecule has 0 aliphatic heterocycles. The molecule has 0 saturated heterocycles. The topological polar surface area (TPSA) is 66.1 Å². The van der Waals surface area contributed by atoms with Crippen molar-refractivity contribution in [3.63, 3.8) is 0 Å². The number of ether oxygens (including phenoxy) is 2. The molecular weight excluding hydrogens is 356 g/mol. The highest BCUT2D eigenvalue weighted by atomic mass is 16.5. The Morgan fingerprint density at radius 1 is 1.00 bits per heavy atom. The summed E-state index contributed by atoms with van der Waals surface area (Å²) >= 11 is 0. The third-order valence-electron chi connectivity index (χ3n) is 4.52. The van der Waals surface area contributed by atoms with Crippen LogP contribution in [0.25, 0.3) is 0 Å². The lowest BCUT2D eigenvalue weighted by atomic mass is 10.1. The van der Waals surface area contributed by atoms with Gasteiger partial charge < -0.3 is 29.9 Å². The Kier molecular flexibility index (Phi) is 7.52. The summed E-state index contributed by atoms with van der Waals surface area (Å²) in [5.41, 5.74) is 2.82. The van der Waals surface area contributed by atoms with E-state index in [0.717, 1.165) is 11.3 Å². The average Bonchev–Trinajstić information content (AvgIpc) is 2.68. The van der Waals surface area contributed by atoms with Gasteiger partial charge in [0.05, 0.1) is 25.9 Å². The Labute approximate surface area is 167 Å². The Bertz CT molecular complexity index is 776. The van der Waals surface area contributed by atoms with Crippen molar-refractivity contribution < 1.29 is 14.3 Å². The first kappa shape index (κ1) is 21.4. The van der Waals surface area contributed by atoms with E-state index in [0.29, 0.717) is 23.7 Å². The molecule has 0 spiro atoms. The molecular formula is C21H30N4O3. The van der Waals surface area contributed by atoms with Crippen molar-refractivity contribution in [1.82, 2.24) is 10.2 Å². The van der Waals surface area contributed by atoms with E-state index in [-0.39, 0.29) is 12.1 Å². The fraction of sp³-hybridized carbons (Fsp3) is 0.381. The van der Waals surface area contributed by atoms with Gasteiger partial charge >= 0.3 is 6.03 Å². The molecule has 0 aliphatic rings. The normalized spacial score (nSPS) is 11.7. The van der Waals surface area contributed by atoms with Crippen molar-refractivity contribution in [1.29, 1.82) is 0 Å². The molecule has 1 atom stereocenters. The van der Waals surface area contributed by atoms with E-state index in [9.17, 15) is 4.79 Å². The van der Waals surface area contributed by atoms with Gasteiger partial charge in [-0.05, 0) is 43.9 Å². The van der Waals surface area contributed by atoms with Crippen LogP contribution < -0.4 is 25.0 Å². The molecule has 152 valence electrons. The van der Waals surface area contributed by atoms with Gasteiger partial charge in [0.25, 0.3) is 0 Å². The summed E-state index contributed by atoms with van der Waals surface area (Å²) in [6, 6.07) is 13.4. The largest absolute Gasteiger partial charge is 0.493 e. The minimum Gasteiger partial charge on any atom is -0.493 e. The molecule has 2 aromatic carbocycles. The van der Waals surface area contributed by atoms with Crippen molar-refractivity contribution >= 4 is 17.4 Å². The van der Waals surface area contributed by atoms with Gasteiger partial charge in [0, 0.05) is 26.3 Å². The summed E-state index contributed by atoms with van der Waals surface area (Å²) in [7, 11) is 11.1. The molecule has 2 amide bonds. The fourth-order valence-corrected chi connectivity index (χ4v) is 2.93. The number of hydrogen-bond acceptors (Lipinski definition) is 5. The van der Waals surface area contributed by atoms with Crippen molar-refractivity contribution in [3.05, 3.63) is 48.0 Å². The van der Waals surface area contributed by atoms with Crippen LogP contribution in [0.15, 0.2) is 42.5 Å². The van der Waals surface area contributed by atoms with Crippen LogP contribution in [0.5, 0.6) is 11.5 Å². The summed E-state index contributed by atoms with van der Waals surface area (Å²) in [5, 5.41) is 5.76. The molecule has 0 unspecified atom stereocenters. The lowest BCUT2D eigenvalue weighted by molar-refractivity contribution is 0.243. The van der Waals surface area contributed by atoms with Gasteiger partial charge in [-0.25, -0.2) is 4.79 Å². The van der Waals surface area contributed by atoms with Crippen LogP contribution in [-0.2, 0) is 0 Å². The maximum absolute atomic E-state index is 12.4. The Balaban J connectivity index is 2.05. The number of anilines is 2. The second kappa shape index (κ2) is 9.85. The second-order valence-electron chi connectivity index (χ2n) is 6.84. The number of nitrogens with one attached hydrogen (secondary N) is 2. The third kappa shape index (κ3) is 5.29. The van der Waals surface area contributed by atoms with Gasteiger partial charge in [0.2, 0.25) is 0 Å². The zero-order valence-corrected chi connectivity index (χ0v) is 17.4. The highest BCUT2D eigenvalue weighted by molar-refractivity contribution is 5.91. The first-order valence-corrected chi connectivity index (χ1v) is 9.07. The lowest BCUT2D eigenvalue weighted by Gasteiger charge is -2.26. The molecule has 0 radical (unpaired) electrons. The number of methoxy groups -OCH3 is 2. The quantitative estimate of drug-likeness (QED) is 0.729. The number of para-hydroxylation sites is 1. The van der Waals surface area contributed by atoms with E-state index in [1.54, 1.807) is 32.4 Å². The van der Waals surface area contributed by atoms with Gasteiger partial charge in [0.1, 0.15) is 0 Å². The van der Waals surface area contributed by atoms with Crippen LogP contribution in [0.3, 0.4) is 0 Å². The molecule has 2 rings (SSSR count). The van der Waals surface area contributed by atoms with Gasteiger partial charge in [0.15, 0.2) is 11.5 Å². The standard InChI is InChI=1S/C21H30N4O3/c1-24(2)16-12-10-15(11-13-16)18(25(3)4)14-22-21(26)23-17-8-7-9-19(27-5)20(17)28-6/h7-13,18H,14H2,1-6H3,(H2,22,23,26)/t18-/m0/s1. The summed E-state index contributed by atoms with van der Waals surface area (Å²) < 4.78 is 10.6. The summed E-state index contributed by atoms with van der Waals surface area (Å²) in [5.74, 6) is 1.05. The maximum Gasteiger partial charge on any atom is 0.319 e. The van der Waals surface area contributed by atoms with E-state index in [4.69, 9.17) is 9.47 Å². The van der Waals surface area contributed by atoms with Crippen molar-refractivity contribution in [2.75, 3.05) is 59.2 Å². The molecule has 0 fully saturated rings. The number of hydrogen-bond donors (Lipinski definition) is 2. The number of carbonyl (C=O) groups is 1. The van der Waals surface area contributed by atoms with Crippen LogP contribution >= 0.6 is 0 Å². The van der Waals surface area contributed by atoms with Gasteiger partial charge in [-0.2, -0.15) is 0 Å². The SMILES string of the molecule is COc1cccc(NC(=O)NC[C@@H](c2ccc(N(C)C)cc2)N(C)C)c1OC. The summed E-state index contributed by atoms with van der Waals surface area (Å²) in [4.78, 5) is 16.6. The molecule has 7 heteroatoms. The van der Waals surface area contributed by atoms with Crippen LogP contribution in [0.2, 0.25) is 0 Å². The molecule has 0 saturated carbocycles. The predicted octanol–water partition coefficient (Wildman–Crippen LogP) is 3.19. The molecule has 2 N–H and O–H groups in total. The number of amides is 2. The molecule has 0 aliphatic carbocycles. The molecule has 0 bridgehead atoms. The smallest absolute Gasteiger partial charge is 0.319 e. The minimum atomic E-state index is -0.302. The van der Waals surface area contributed by atoms with Crippen LogP contribution in [0.1, 0.15) is 11.6 Å². The Morgan fingerprint density at radius 3 is 2.21 bits per heavy atom. The van der Waals surface area contributed by atoms with E-state index in [2.05, 4.69) is 44.7 Å². The maximum atomic E-state index is 12.4. The number of nitrogens with zero attached hydrogens (tertiary/aromatic N) is 2. The first-order valence-electron chi connectivity index (χ1n) is 9.07. The van der Waals surface area contributed by atoms with Crippen molar-refractivity contribution in [2.45, 2.75) is 6.04 Å². The molecule has 0 aromatic heterocycles. The number of urea groups is 1. The van der Waals surface area contributed by atoms with E-state index in [1.165, 1.54) is 0 Å². The van der Waals surface area contributed by atoms with Crippen molar-refractivity contribution in [2.24, 2.45) is 0 Å². The van der Waals surface area contributed by atoms with Gasteiger partial charge in [-0.15, -0.1) is 0 Å². The first-order chi connectivity index (χ1) is 13.4. The Hall–Kier alpha value is -2.93. The van der Waals surface area contributed by atoms with Gasteiger partial charge in [-0.3, -0.25) is 0 Å². The zero-order chi connectivity index (χ0) is 20.7. The van der Waals surface area contributed by atoms with Crippen LogP contribution in [0, 0.1) is 0 Å². The second-order valence-corrected chi connectivity index (χ2v) is 6.84. The average molecular weight is 386 g/mol. The minimum absolute atomic E-state index is 0.0502. The van der Waals surface area contributed by atoms with E-state index >= 15 is 0 Å². The zero-order valence-electron chi connectivity index (χ0n) is 17.4. The molecule has 28 heavy (non-hydrogen) atoms. The third-order valence-corrected chi connectivity index (χ3v) is 4.52. The monoisotopic (exact) mass is 386 g/mol. The summed E-state index contributed by atoms with van der Waals surface area (Å²) in [6.07, 6.45) is 0. The summed E-state index contributed by atoms with van der Waals surface area (Å²) in [6.45, 7) is 0.465. The molecule has 0 heterocycles. The van der Waals surface area contributed by atoms with E-state index < -0.39 is 0 Å². The Morgan fingerprint density at radius 2 is 1.68 bits per heavy atom. The number of benzene rings is 2. The lowest BCUT2D eigenvalue weighted by Crippen LogP contribution is -2.37. The number of rotatable bonds is 8. The molecule has 2 aromatic rings.